The van der Waals surface area contributed by atoms with Gasteiger partial charge in [0.25, 0.3) is 0 Å². The van der Waals surface area contributed by atoms with Gasteiger partial charge in [-0.25, -0.2) is 4.79 Å². The first kappa shape index (κ1) is 17.7. The van der Waals surface area contributed by atoms with Crippen molar-refractivity contribution in [3.8, 4) is 0 Å². The number of carbonyl (C=O) groups excluding carboxylic acids is 1. The molecule has 2 amide bonds. The smallest absolute Gasteiger partial charge is 0.323 e. The maximum Gasteiger partial charge on any atom is 0.323 e. The summed E-state index contributed by atoms with van der Waals surface area (Å²) in [6, 6.07) is 8.45. The van der Waals surface area contributed by atoms with Crippen molar-refractivity contribution in [2.45, 2.75) is 31.8 Å². The van der Waals surface area contributed by atoms with E-state index in [0.29, 0.717) is 13.1 Å². The first-order valence-corrected chi connectivity index (χ1v) is 9.57. The number of rotatable bonds is 6. The predicted octanol–water partition coefficient (Wildman–Crippen LogP) is 1.64. The molecule has 0 saturated carbocycles. The number of aromatic nitrogens is 1. The summed E-state index contributed by atoms with van der Waals surface area (Å²) in [6.07, 6.45) is 3.04. The fraction of sp³-hybridized carbons (Fsp3) is 0.474. The van der Waals surface area contributed by atoms with Crippen molar-refractivity contribution < 1.29 is 4.79 Å². The number of nitrogens with two attached hydrogens (primary N) is 2. The van der Waals surface area contributed by atoms with Gasteiger partial charge in [-0.2, -0.15) is 0 Å². The minimum atomic E-state index is -0.00587. The molecule has 144 valence electrons. The number of fused-ring (bicyclic) bond motifs is 3. The van der Waals surface area contributed by atoms with E-state index in [0.717, 1.165) is 50.2 Å². The molecule has 2 aromatic rings. The van der Waals surface area contributed by atoms with Crippen LogP contribution in [0.2, 0.25) is 0 Å². The van der Waals surface area contributed by atoms with Gasteiger partial charge in [0.15, 0.2) is 5.96 Å². The third kappa shape index (κ3) is 3.71. The summed E-state index contributed by atoms with van der Waals surface area (Å²) in [5.41, 5.74) is 12.9. The number of nitrogens with zero attached hydrogens (tertiary/aromatic N) is 3. The molecule has 8 heteroatoms. The topological polar surface area (TPSA) is 116 Å². The van der Waals surface area contributed by atoms with Crippen LogP contribution in [0, 0.1) is 0 Å². The minimum Gasteiger partial charge on any atom is -0.370 e. The summed E-state index contributed by atoms with van der Waals surface area (Å²) < 4.78 is 0. The average Bonchev–Trinajstić information content (AvgIpc) is 3.24. The van der Waals surface area contributed by atoms with Crippen LogP contribution in [0.25, 0.3) is 10.9 Å². The summed E-state index contributed by atoms with van der Waals surface area (Å²) in [6.45, 7) is 4.31. The molecule has 1 saturated heterocycles. The number of likely N-dealkylation sites (tertiary alicyclic amines) is 1. The van der Waals surface area contributed by atoms with Crippen molar-refractivity contribution in [2.24, 2.45) is 16.5 Å². The molecule has 1 aromatic heterocycles. The number of anilines is 1. The van der Waals surface area contributed by atoms with Gasteiger partial charge in [0.2, 0.25) is 0 Å². The third-order valence-corrected chi connectivity index (χ3v) is 5.50. The van der Waals surface area contributed by atoms with E-state index in [2.05, 4.69) is 26.3 Å². The lowest BCUT2D eigenvalue weighted by Crippen LogP contribution is -2.46. The van der Waals surface area contributed by atoms with Crippen LogP contribution in [0.15, 0.2) is 29.3 Å². The molecule has 0 radical (unpaired) electrons. The summed E-state index contributed by atoms with van der Waals surface area (Å²) in [5, 5.41) is 4.22. The van der Waals surface area contributed by atoms with Crippen molar-refractivity contribution in [3.63, 3.8) is 0 Å². The summed E-state index contributed by atoms with van der Waals surface area (Å²) >= 11 is 0. The number of aromatic amines is 1. The molecule has 1 unspecified atom stereocenters. The number of carbonyl (C=O) groups is 1. The number of aliphatic imine (C=N–C) groups is 1. The molecule has 0 spiro atoms. The van der Waals surface area contributed by atoms with Crippen molar-refractivity contribution >= 4 is 28.7 Å². The molecule has 4 rings (SSSR count). The number of benzene rings is 1. The van der Waals surface area contributed by atoms with E-state index in [1.807, 2.05) is 23.1 Å². The van der Waals surface area contributed by atoms with Crippen LogP contribution in [-0.2, 0) is 6.54 Å². The molecule has 1 atom stereocenters. The lowest BCUT2D eigenvalue weighted by atomic mass is 10.1. The third-order valence-electron chi connectivity index (χ3n) is 5.50. The molecule has 1 fully saturated rings. The second-order valence-corrected chi connectivity index (χ2v) is 7.34. The number of guanidine groups is 1. The van der Waals surface area contributed by atoms with Crippen molar-refractivity contribution in [1.82, 2.24) is 14.8 Å². The Hall–Kier alpha value is -2.74. The number of amides is 2. The van der Waals surface area contributed by atoms with Crippen molar-refractivity contribution in [3.05, 3.63) is 29.8 Å². The van der Waals surface area contributed by atoms with Gasteiger partial charge in [0.1, 0.15) is 5.82 Å². The Balaban J connectivity index is 1.35. The molecular formula is C19H27N7O. The average molecular weight is 369 g/mol. The normalized spacial score (nSPS) is 19.9. The number of nitrogens with one attached hydrogen (secondary N) is 2. The SMILES string of the molecule is NC(N)=NCCCCN1CCC(N2Cc3c([nH]c4ccccc34)NC2=O)C1. The van der Waals surface area contributed by atoms with Crippen LogP contribution >= 0.6 is 0 Å². The molecule has 3 heterocycles. The zero-order chi connectivity index (χ0) is 18.8. The highest BCUT2D eigenvalue weighted by Crippen LogP contribution is 2.32. The molecule has 6 N–H and O–H groups in total. The van der Waals surface area contributed by atoms with E-state index in [1.165, 1.54) is 10.9 Å². The molecule has 1 aromatic carbocycles. The first-order valence-electron chi connectivity index (χ1n) is 9.57. The monoisotopic (exact) mass is 369 g/mol. The Labute approximate surface area is 158 Å². The molecule has 27 heavy (non-hydrogen) atoms. The van der Waals surface area contributed by atoms with Crippen LogP contribution in [0.5, 0.6) is 0 Å². The Morgan fingerprint density at radius 3 is 2.96 bits per heavy atom. The number of hydrogen-bond acceptors (Lipinski definition) is 3. The highest BCUT2D eigenvalue weighted by Gasteiger charge is 2.34. The Bertz CT molecular complexity index is 855. The number of unbranched alkanes of at least 4 members (excludes halogenated alkanes) is 1. The Morgan fingerprint density at radius 1 is 1.26 bits per heavy atom. The van der Waals surface area contributed by atoms with Crippen LogP contribution in [0.3, 0.4) is 0 Å². The molecular weight excluding hydrogens is 342 g/mol. The zero-order valence-electron chi connectivity index (χ0n) is 15.4. The largest absolute Gasteiger partial charge is 0.370 e. The standard InChI is InChI=1S/C19H27N7O/c20-18(21)22-8-3-4-9-25-10-7-13(11-25)26-12-15-14-5-1-2-6-16(14)23-17(15)24-19(26)27/h1-2,5-6,13,23H,3-4,7-12H2,(H,24,27)(H4,20,21,22). The van der Waals surface area contributed by atoms with E-state index in [-0.39, 0.29) is 18.0 Å². The minimum absolute atomic E-state index is 0.00587. The molecule has 8 nitrogen and oxygen atoms in total. The van der Waals surface area contributed by atoms with E-state index in [4.69, 9.17) is 11.5 Å². The fourth-order valence-electron chi connectivity index (χ4n) is 4.11. The van der Waals surface area contributed by atoms with Crippen LogP contribution in [0.4, 0.5) is 10.6 Å². The van der Waals surface area contributed by atoms with Gasteiger partial charge in [0, 0.05) is 42.1 Å². The fourth-order valence-corrected chi connectivity index (χ4v) is 4.11. The van der Waals surface area contributed by atoms with Gasteiger partial charge in [-0.05, 0) is 31.9 Å². The quantitative estimate of drug-likeness (QED) is 0.352. The maximum atomic E-state index is 12.6. The zero-order valence-corrected chi connectivity index (χ0v) is 15.4. The number of hydrogen-bond donors (Lipinski definition) is 4. The second kappa shape index (κ2) is 7.48. The predicted molar refractivity (Wildman–Crippen MR) is 108 cm³/mol. The van der Waals surface area contributed by atoms with E-state index < -0.39 is 0 Å². The summed E-state index contributed by atoms with van der Waals surface area (Å²) in [4.78, 5) is 24.4. The Kier molecular flexibility index (Phi) is 4.89. The van der Waals surface area contributed by atoms with Crippen LogP contribution in [0.1, 0.15) is 24.8 Å². The Morgan fingerprint density at radius 2 is 2.11 bits per heavy atom. The van der Waals surface area contributed by atoms with Crippen molar-refractivity contribution in [1.29, 1.82) is 0 Å². The molecule has 0 bridgehead atoms. The second-order valence-electron chi connectivity index (χ2n) is 7.34. The number of H-pyrrole nitrogens is 1. The van der Waals surface area contributed by atoms with Crippen molar-refractivity contribution in [2.75, 3.05) is 31.5 Å². The van der Waals surface area contributed by atoms with Crippen LogP contribution in [-0.4, -0.2) is 59.0 Å². The molecule has 2 aliphatic heterocycles. The van der Waals surface area contributed by atoms with Crippen LogP contribution < -0.4 is 16.8 Å². The van der Waals surface area contributed by atoms with E-state index in [9.17, 15) is 4.79 Å². The van der Waals surface area contributed by atoms with E-state index in [1.54, 1.807) is 0 Å². The van der Waals surface area contributed by atoms with Gasteiger partial charge in [-0.15, -0.1) is 0 Å². The van der Waals surface area contributed by atoms with Gasteiger partial charge in [0.05, 0.1) is 6.54 Å². The van der Waals surface area contributed by atoms with E-state index >= 15 is 0 Å². The lowest BCUT2D eigenvalue weighted by Gasteiger charge is -2.32. The molecule has 2 aliphatic rings. The summed E-state index contributed by atoms with van der Waals surface area (Å²) in [5.74, 6) is 0.996. The van der Waals surface area contributed by atoms with Gasteiger partial charge >= 0.3 is 6.03 Å². The molecule has 0 aliphatic carbocycles. The maximum absolute atomic E-state index is 12.6. The van der Waals surface area contributed by atoms with Gasteiger partial charge in [-0.1, -0.05) is 18.2 Å². The highest BCUT2D eigenvalue weighted by molar-refractivity contribution is 5.98. The number of urea groups is 1. The van der Waals surface area contributed by atoms with Gasteiger partial charge < -0.3 is 26.3 Å². The lowest BCUT2D eigenvalue weighted by molar-refractivity contribution is 0.179. The van der Waals surface area contributed by atoms with Gasteiger partial charge in [-0.3, -0.25) is 10.3 Å². The highest BCUT2D eigenvalue weighted by atomic mass is 16.2. The summed E-state index contributed by atoms with van der Waals surface area (Å²) in [7, 11) is 0. The number of para-hydroxylation sites is 1. The first-order chi connectivity index (χ1) is 13.1.